The van der Waals surface area contributed by atoms with Crippen LogP contribution in [-0.4, -0.2) is 18.4 Å². The first kappa shape index (κ1) is 14.4. The molecule has 4 rings (SSSR count). The molecule has 0 aliphatic carbocycles. The molecule has 0 bridgehead atoms. The average molecular weight is 328 g/mol. The third-order valence-electron chi connectivity index (χ3n) is 4.15. The second kappa shape index (κ2) is 5.79. The Morgan fingerprint density at radius 1 is 1.35 bits per heavy atom. The minimum absolute atomic E-state index is 0.00990. The van der Waals surface area contributed by atoms with E-state index in [2.05, 4.69) is 22.1 Å². The van der Waals surface area contributed by atoms with Crippen LogP contribution < -0.4 is 10.6 Å². The molecule has 2 amide bonds. The van der Waals surface area contributed by atoms with E-state index >= 15 is 0 Å². The van der Waals surface area contributed by atoms with Crippen molar-refractivity contribution in [2.75, 3.05) is 17.2 Å². The van der Waals surface area contributed by atoms with Gasteiger partial charge in [-0.3, -0.25) is 9.59 Å². The maximum atomic E-state index is 12.3. The topological polar surface area (TPSA) is 67.4 Å². The lowest BCUT2D eigenvalue weighted by atomic mass is 10.1. The molecule has 2 aliphatic heterocycles. The van der Waals surface area contributed by atoms with Crippen molar-refractivity contribution in [1.82, 2.24) is 0 Å². The van der Waals surface area contributed by atoms with Gasteiger partial charge in [-0.1, -0.05) is 0 Å². The third-order valence-corrected chi connectivity index (χ3v) is 5.20. The van der Waals surface area contributed by atoms with E-state index in [4.69, 9.17) is 4.74 Å². The summed E-state index contributed by atoms with van der Waals surface area (Å²) in [6, 6.07) is 7.59. The summed E-state index contributed by atoms with van der Waals surface area (Å²) in [4.78, 5) is 24.8. The first-order valence-corrected chi connectivity index (χ1v) is 8.47. The quantitative estimate of drug-likeness (QED) is 0.910. The van der Waals surface area contributed by atoms with Gasteiger partial charge in [0, 0.05) is 16.3 Å². The van der Waals surface area contributed by atoms with E-state index in [0.717, 1.165) is 22.5 Å². The number of amides is 2. The molecule has 2 N–H and O–H groups in total. The predicted molar refractivity (Wildman–Crippen MR) is 88.7 cm³/mol. The smallest absolute Gasteiger partial charge is 0.228 e. The maximum Gasteiger partial charge on any atom is 0.228 e. The number of benzene rings is 1. The Kier molecular flexibility index (Phi) is 3.63. The molecule has 2 aliphatic rings. The van der Waals surface area contributed by atoms with Crippen molar-refractivity contribution in [1.29, 1.82) is 0 Å². The maximum absolute atomic E-state index is 12.3. The number of carbonyl (C=O) groups is 2. The van der Waals surface area contributed by atoms with Crippen LogP contribution in [0.2, 0.25) is 0 Å². The lowest BCUT2D eigenvalue weighted by Gasteiger charge is -2.22. The fraction of sp³-hybridized carbons (Fsp3) is 0.294. The van der Waals surface area contributed by atoms with Gasteiger partial charge in [0.05, 0.1) is 19.4 Å². The van der Waals surface area contributed by atoms with Gasteiger partial charge in [0.25, 0.3) is 0 Å². The number of hydrogen-bond acceptors (Lipinski definition) is 4. The second-order valence-electron chi connectivity index (χ2n) is 5.77. The van der Waals surface area contributed by atoms with Crippen LogP contribution in [0.3, 0.4) is 0 Å². The Labute approximate surface area is 137 Å². The van der Waals surface area contributed by atoms with Gasteiger partial charge in [-0.25, -0.2) is 0 Å². The van der Waals surface area contributed by atoms with E-state index in [-0.39, 0.29) is 17.9 Å². The zero-order chi connectivity index (χ0) is 15.8. The fourth-order valence-corrected chi connectivity index (χ4v) is 4.07. The molecule has 5 nitrogen and oxygen atoms in total. The minimum atomic E-state index is -0.156. The van der Waals surface area contributed by atoms with Crippen LogP contribution in [-0.2, 0) is 27.2 Å². The van der Waals surface area contributed by atoms with E-state index in [1.807, 2.05) is 12.1 Å². The summed E-state index contributed by atoms with van der Waals surface area (Å²) in [5, 5.41) is 7.74. The van der Waals surface area contributed by atoms with E-state index < -0.39 is 0 Å². The van der Waals surface area contributed by atoms with Crippen molar-refractivity contribution < 1.29 is 14.3 Å². The molecule has 0 radical (unpaired) electrons. The van der Waals surface area contributed by atoms with E-state index in [1.54, 1.807) is 17.4 Å². The average Bonchev–Trinajstić information content (AvgIpc) is 3.12. The highest BCUT2D eigenvalue weighted by atomic mass is 32.1. The Morgan fingerprint density at radius 3 is 3.17 bits per heavy atom. The molecule has 1 unspecified atom stereocenters. The van der Waals surface area contributed by atoms with E-state index in [9.17, 15) is 9.59 Å². The molecular formula is C17H16N2O3S. The molecule has 3 heterocycles. The highest BCUT2D eigenvalue weighted by Crippen LogP contribution is 2.34. The summed E-state index contributed by atoms with van der Waals surface area (Å²) < 4.78 is 5.75. The minimum Gasteiger partial charge on any atom is -0.372 e. The summed E-state index contributed by atoms with van der Waals surface area (Å²) in [7, 11) is 0. The molecule has 1 aromatic carbocycles. The molecule has 23 heavy (non-hydrogen) atoms. The van der Waals surface area contributed by atoms with Crippen molar-refractivity contribution in [3.63, 3.8) is 0 Å². The largest absolute Gasteiger partial charge is 0.372 e. The van der Waals surface area contributed by atoms with Gasteiger partial charge in [0.15, 0.2) is 0 Å². The van der Waals surface area contributed by atoms with Crippen LogP contribution in [0.4, 0.5) is 11.4 Å². The fourth-order valence-electron chi connectivity index (χ4n) is 3.06. The third kappa shape index (κ3) is 2.87. The number of hydrogen-bond donors (Lipinski definition) is 2. The van der Waals surface area contributed by atoms with Gasteiger partial charge >= 0.3 is 0 Å². The van der Waals surface area contributed by atoms with Crippen LogP contribution in [0, 0.1) is 0 Å². The van der Waals surface area contributed by atoms with Gasteiger partial charge in [0.1, 0.15) is 6.10 Å². The van der Waals surface area contributed by atoms with Crippen LogP contribution in [0.15, 0.2) is 29.6 Å². The highest BCUT2D eigenvalue weighted by molar-refractivity contribution is 7.10. The van der Waals surface area contributed by atoms with Crippen molar-refractivity contribution in [3.8, 4) is 0 Å². The molecule has 0 spiro atoms. The molecule has 118 valence electrons. The number of thiophene rings is 1. The first-order valence-electron chi connectivity index (χ1n) is 7.59. The molecular weight excluding hydrogens is 312 g/mol. The SMILES string of the molecule is O=C(CC1OCCc2ccsc21)Nc1ccc2c(c1)CC(=O)N2. The first-order chi connectivity index (χ1) is 11.2. The van der Waals surface area contributed by atoms with Gasteiger partial charge in [-0.2, -0.15) is 0 Å². The Balaban J connectivity index is 1.44. The number of rotatable bonds is 3. The van der Waals surface area contributed by atoms with Gasteiger partial charge in [0.2, 0.25) is 11.8 Å². The van der Waals surface area contributed by atoms with Crippen LogP contribution in [0.1, 0.15) is 28.5 Å². The number of ether oxygens (including phenoxy) is 1. The summed E-state index contributed by atoms with van der Waals surface area (Å²) in [6.07, 6.45) is 1.44. The number of carbonyl (C=O) groups excluding carboxylic acids is 2. The number of fused-ring (bicyclic) bond motifs is 2. The van der Waals surface area contributed by atoms with Gasteiger partial charge in [-0.15, -0.1) is 11.3 Å². The normalized spacial score (nSPS) is 19.0. The van der Waals surface area contributed by atoms with E-state index in [1.165, 1.54) is 5.56 Å². The van der Waals surface area contributed by atoms with Crippen molar-refractivity contribution in [2.45, 2.75) is 25.4 Å². The summed E-state index contributed by atoms with van der Waals surface area (Å²) >= 11 is 1.65. The van der Waals surface area contributed by atoms with Crippen LogP contribution in [0.25, 0.3) is 0 Å². The zero-order valence-electron chi connectivity index (χ0n) is 12.4. The molecule has 6 heteroatoms. The van der Waals surface area contributed by atoms with Crippen LogP contribution in [0.5, 0.6) is 0 Å². The Bertz CT molecular complexity index is 784. The summed E-state index contributed by atoms with van der Waals surface area (Å²) in [6.45, 7) is 0.661. The molecule has 0 saturated carbocycles. The number of anilines is 2. The van der Waals surface area contributed by atoms with Crippen molar-refractivity contribution >= 4 is 34.5 Å². The summed E-state index contributed by atoms with van der Waals surface area (Å²) in [5.41, 5.74) is 3.75. The zero-order valence-corrected chi connectivity index (χ0v) is 13.2. The van der Waals surface area contributed by atoms with E-state index in [0.29, 0.717) is 25.1 Å². The molecule has 0 fully saturated rings. The molecule has 1 aromatic heterocycles. The highest BCUT2D eigenvalue weighted by Gasteiger charge is 2.25. The Morgan fingerprint density at radius 2 is 2.26 bits per heavy atom. The number of nitrogens with one attached hydrogen (secondary N) is 2. The Hall–Kier alpha value is -2.18. The van der Waals surface area contributed by atoms with Crippen molar-refractivity contribution in [2.24, 2.45) is 0 Å². The summed E-state index contributed by atoms with van der Waals surface area (Å²) in [5.74, 6) is -0.0854. The second-order valence-corrected chi connectivity index (χ2v) is 6.72. The lowest BCUT2D eigenvalue weighted by molar-refractivity contribution is -0.119. The molecule has 2 aromatic rings. The van der Waals surface area contributed by atoms with Gasteiger partial charge < -0.3 is 15.4 Å². The lowest BCUT2D eigenvalue weighted by Crippen LogP contribution is -2.21. The molecule has 1 atom stereocenters. The van der Waals surface area contributed by atoms with Crippen LogP contribution >= 0.6 is 11.3 Å². The monoisotopic (exact) mass is 328 g/mol. The predicted octanol–water partition coefficient (Wildman–Crippen LogP) is 2.89. The standard InChI is InChI=1S/C17H16N2O3S/c20-15-8-11-7-12(1-2-13(11)19-15)18-16(21)9-14-17-10(3-5-22-14)4-6-23-17/h1-2,4,6-7,14H,3,5,8-9H2,(H,18,21)(H,19,20). The van der Waals surface area contributed by atoms with Crippen molar-refractivity contribution in [3.05, 3.63) is 45.6 Å². The molecule has 0 saturated heterocycles. The van der Waals surface area contributed by atoms with Gasteiger partial charge in [-0.05, 0) is 47.2 Å².